The Morgan fingerprint density at radius 3 is 2.77 bits per heavy atom. The Labute approximate surface area is 129 Å². The van der Waals surface area contributed by atoms with E-state index in [-0.39, 0.29) is 5.60 Å². The second-order valence-electron chi connectivity index (χ2n) is 6.83. The van der Waals surface area contributed by atoms with Gasteiger partial charge in [0.05, 0.1) is 17.6 Å². The van der Waals surface area contributed by atoms with Gasteiger partial charge in [0, 0.05) is 6.54 Å². The van der Waals surface area contributed by atoms with E-state index < -0.39 is 6.35 Å². The lowest BCUT2D eigenvalue weighted by atomic mass is 9.75. The van der Waals surface area contributed by atoms with Crippen molar-refractivity contribution >= 4 is 17.0 Å². The fourth-order valence-electron chi connectivity index (χ4n) is 4.43. The van der Waals surface area contributed by atoms with Crippen molar-refractivity contribution in [1.82, 2.24) is 14.9 Å². The van der Waals surface area contributed by atoms with Gasteiger partial charge in [-0.3, -0.25) is 5.73 Å². The van der Waals surface area contributed by atoms with Gasteiger partial charge in [0.1, 0.15) is 5.60 Å². The first-order chi connectivity index (χ1) is 10.7. The van der Waals surface area contributed by atoms with Crippen LogP contribution in [0.4, 0.5) is 5.95 Å². The highest BCUT2D eigenvalue weighted by atomic mass is 16.6. The molecule has 2 unspecified atom stereocenters. The van der Waals surface area contributed by atoms with Crippen LogP contribution >= 0.6 is 0 Å². The fourth-order valence-corrected chi connectivity index (χ4v) is 4.43. The molecule has 1 spiro atoms. The summed E-state index contributed by atoms with van der Waals surface area (Å²) in [6, 6.07) is 8.07. The van der Waals surface area contributed by atoms with Crippen molar-refractivity contribution in [2.24, 2.45) is 11.7 Å². The largest absolute Gasteiger partial charge is 0.335 e. The van der Waals surface area contributed by atoms with Crippen LogP contribution in [0.5, 0.6) is 0 Å². The maximum absolute atomic E-state index is 6.30. The zero-order chi connectivity index (χ0) is 14.7. The minimum atomic E-state index is -0.416. The van der Waals surface area contributed by atoms with E-state index in [0.717, 1.165) is 30.1 Å². The van der Waals surface area contributed by atoms with Crippen molar-refractivity contribution in [2.45, 2.75) is 24.8 Å². The molecule has 1 aromatic heterocycles. The number of nitrogens with one attached hydrogen (secondary N) is 1. The number of fused-ring (bicyclic) bond motifs is 3. The molecule has 0 radical (unpaired) electrons. The number of benzene rings is 1. The molecule has 6 rings (SSSR count). The SMILES string of the molecule is NC1OC2(CN3CCC2CC3)CN1c1nc2ccccc2[nH]1. The number of aromatic nitrogens is 2. The molecule has 0 aliphatic carbocycles. The van der Waals surface area contributed by atoms with E-state index in [1.807, 2.05) is 24.3 Å². The van der Waals surface area contributed by atoms with Gasteiger partial charge in [-0.2, -0.15) is 0 Å². The van der Waals surface area contributed by atoms with Crippen molar-refractivity contribution in [3.05, 3.63) is 24.3 Å². The molecule has 2 aromatic rings. The molecule has 1 aromatic carbocycles. The van der Waals surface area contributed by atoms with Gasteiger partial charge >= 0.3 is 0 Å². The van der Waals surface area contributed by atoms with Crippen molar-refractivity contribution in [3.8, 4) is 0 Å². The zero-order valence-corrected chi connectivity index (χ0v) is 12.5. The summed E-state index contributed by atoms with van der Waals surface area (Å²) in [5.74, 6) is 1.44. The number of rotatable bonds is 1. The summed E-state index contributed by atoms with van der Waals surface area (Å²) in [5, 5.41) is 0. The molecular formula is C16H21N5O. The molecule has 6 heteroatoms. The van der Waals surface area contributed by atoms with Gasteiger partial charge in [0.2, 0.25) is 5.95 Å². The second-order valence-corrected chi connectivity index (χ2v) is 6.83. The van der Waals surface area contributed by atoms with Crippen LogP contribution in [0.1, 0.15) is 12.8 Å². The van der Waals surface area contributed by atoms with Crippen LogP contribution in [0.25, 0.3) is 11.0 Å². The normalized spacial score (nSPS) is 37.5. The maximum atomic E-state index is 6.30. The first-order valence-corrected chi connectivity index (χ1v) is 8.11. The average molecular weight is 299 g/mol. The smallest absolute Gasteiger partial charge is 0.207 e. The van der Waals surface area contributed by atoms with Gasteiger partial charge < -0.3 is 19.5 Å². The molecular weight excluding hydrogens is 278 g/mol. The standard InChI is InChI=1S/C16H21N5O/c17-14-21(15-18-12-3-1-2-4-13(12)19-15)10-16(22-14)9-20-7-5-11(16)6-8-20/h1-4,11,14H,5-10,17H2,(H,18,19). The van der Waals surface area contributed by atoms with Crippen molar-refractivity contribution in [2.75, 3.05) is 31.1 Å². The van der Waals surface area contributed by atoms with Crippen LogP contribution in [0, 0.1) is 5.92 Å². The van der Waals surface area contributed by atoms with Gasteiger partial charge in [-0.15, -0.1) is 0 Å². The number of nitrogens with zero attached hydrogens (tertiary/aromatic N) is 3. The molecule has 22 heavy (non-hydrogen) atoms. The topological polar surface area (TPSA) is 70.4 Å². The zero-order valence-electron chi connectivity index (χ0n) is 12.5. The molecule has 3 N–H and O–H groups in total. The third-order valence-corrected chi connectivity index (χ3v) is 5.57. The summed E-state index contributed by atoms with van der Waals surface area (Å²) >= 11 is 0. The number of para-hydroxylation sites is 2. The Balaban J connectivity index is 1.48. The number of aromatic amines is 1. The second kappa shape index (κ2) is 4.44. The Morgan fingerprint density at radius 2 is 2.05 bits per heavy atom. The lowest BCUT2D eigenvalue weighted by Gasteiger charge is -2.50. The number of hydrogen-bond acceptors (Lipinski definition) is 5. The van der Waals surface area contributed by atoms with E-state index >= 15 is 0 Å². The number of ether oxygens (including phenoxy) is 1. The third-order valence-electron chi connectivity index (χ3n) is 5.57. The first-order valence-electron chi connectivity index (χ1n) is 8.11. The summed E-state index contributed by atoms with van der Waals surface area (Å²) in [6.45, 7) is 4.24. The van der Waals surface area contributed by atoms with Crippen molar-refractivity contribution < 1.29 is 4.74 Å². The van der Waals surface area contributed by atoms with Crippen LogP contribution in [0.15, 0.2) is 24.3 Å². The van der Waals surface area contributed by atoms with Crippen molar-refractivity contribution in [1.29, 1.82) is 0 Å². The Kier molecular flexibility index (Phi) is 2.60. The van der Waals surface area contributed by atoms with Crippen molar-refractivity contribution in [3.63, 3.8) is 0 Å². The quantitative estimate of drug-likeness (QED) is 0.825. The maximum Gasteiger partial charge on any atom is 0.207 e. The van der Waals surface area contributed by atoms with E-state index in [9.17, 15) is 0 Å². The van der Waals surface area contributed by atoms with E-state index in [1.165, 1.54) is 25.9 Å². The molecule has 5 heterocycles. The highest BCUT2D eigenvalue weighted by Gasteiger charge is 2.54. The average Bonchev–Trinajstić information content (AvgIpc) is 3.09. The molecule has 4 saturated heterocycles. The minimum Gasteiger partial charge on any atom is -0.335 e. The highest BCUT2D eigenvalue weighted by molar-refractivity contribution is 5.77. The van der Waals surface area contributed by atoms with Gasteiger partial charge in [0.15, 0.2) is 6.35 Å². The number of imidazole rings is 1. The molecule has 0 saturated carbocycles. The molecule has 0 amide bonds. The van der Waals surface area contributed by atoms with Crippen LogP contribution in [-0.2, 0) is 4.74 Å². The molecule has 2 bridgehead atoms. The minimum absolute atomic E-state index is 0.116. The lowest BCUT2D eigenvalue weighted by molar-refractivity contribution is -0.137. The van der Waals surface area contributed by atoms with E-state index in [2.05, 4.69) is 19.8 Å². The molecule has 4 aliphatic heterocycles. The Bertz CT molecular complexity index is 674. The van der Waals surface area contributed by atoms with Gasteiger partial charge in [0.25, 0.3) is 0 Å². The van der Waals surface area contributed by atoms with Gasteiger partial charge in [-0.05, 0) is 44.0 Å². The number of anilines is 1. The third kappa shape index (κ3) is 1.74. The number of H-pyrrole nitrogens is 1. The summed E-state index contributed by atoms with van der Waals surface area (Å²) < 4.78 is 6.29. The van der Waals surface area contributed by atoms with Gasteiger partial charge in [-0.25, -0.2) is 4.98 Å². The molecule has 4 aliphatic rings. The molecule has 2 atom stereocenters. The predicted octanol–water partition coefficient (Wildman–Crippen LogP) is 1.11. The van der Waals surface area contributed by atoms with Crippen LogP contribution in [-0.4, -0.2) is 53.0 Å². The summed E-state index contributed by atoms with van der Waals surface area (Å²) in [5.41, 5.74) is 8.19. The molecule has 6 nitrogen and oxygen atoms in total. The number of hydrogen-bond donors (Lipinski definition) is 2. The first kappa shape index (κ1) is 12.9. The van der Waals surface area contributed by atoms with Crippen LogP contribution < -0.4 is 10.6 Å². The van der Waals surface area contributed by atoms with Crippen LogP contribution in [0.3, 0.4) is 0 Å². The summed E-state index contributed by atoms with van der Waals surface area (Å²) in [7, 11) is 0. The lowest BCUT2D eigenvalue weighted by Crippen LogP contribution is -2.61. The van der Waals surface area contributed by atoms with Crippen LogP contribution in [0.2, 0.25) is 0 Å². The molecule has 4 fully saturated rings. The van der Waals surface area contributed by atoms with Gasteiger partial charge in [-0.1, -0.05) is 12.1 Å². The van der Waals surface area contributed by atoms with E-state index in [4.69, 9.17) is 10.5 Å². The number of piperidine rings is 3. The monoisotopic (exact) mass is 299 g/mol. The fraction of sp³-hybridized carbons (Fsp3) is 0.562. The highest BCUT2D eigenvalue weighted by Crippen LogP contribution is 2.43. The Hall–Kier alpha value is -1.63. The predicted molar refractivity (Wildman–Crippen MR) is 84.4 cm³/mol. The summed E-state index contributed by atoms with van der Waals surface area (Å²) in [4.78, 5) is 12.7. The number of nitrogens with two attached hydrogens (primary N) is 1. The molecule has 116 valence electrons. The Morgan fingerprint density at radius 1 is 1.23 bits per heavy atom. The summed E-state index contributed by atoms with van der Waals surface area (Å²) in [6.07, 6.45) is 2.03. The van der Waals surface area contributed by atoms with E-state index in [1.54, 1.807) is 0 Å². The van der Waals surface area contributed by atoms with E-state index in [0.29, 0.717) is 5.92 Å².